The minimum Gasteiger partial charge on any atom is -0.461 e. The number of esters is 2. The van der Waals surface area contributed by atoms with Crippen LogP contribution in [-0.2, 0) is 38.2 Å². The summed E-state index contributed by atoms with van der Waals surface area (Å²) in [6.07, 6.45) is 5.49. The Kier molecular flexibility index (Phi) is 48.7. The van der Waals surface area contributed by atoms with Gasteiger partial charge >= 0.3 is 11.9 Å². The first-order valence-corrected chi connectivity index (χ1v) is 38.8. The van der Waals surface area contributed by atoms with Gasteiger partial charge in [-0.25, -0.2) is 9.59 Å². The van der Waals surface area contributed by atoms with E-state index in [4.69, 9.17) is 45.8 Å². The van der Waals surface area contributed by atoms with E-state index in [0.29, 0.717) is 157 Å². The number of hydrogen-bond acceptors (Lipinski definition) is 32. The van der Waals surface area contributed by atoms with Crippen molar-refractivity contribution in [3.05, 3.63) is 157 Å². The molecule has 0 aliphatic rings. The van der Waals surface area contributed by atoms with Crippen LogP contribution in [0.25, 0.3) is 0 Å². The number of anilines is 10. The third kappa shape index (κ3) is 36.6. The Morgan fingerprint density at radius 2 is 0.776 bits per heavy atom. The number of aliphatic hydroxyl groups is 8. The summed E-state index contributed by atoms with van der Waals surface area (Å²) in [5.41, 5.74) is 15.4. The molecule has 0 bridgehead atoms. The standard InChI is InChI=1S/C25H28N6O5S.C19H24N6O3S.C14H22N2O3.C12H18N2O3.C10H16N2O2/c1-5-8-22(32)27-21-15-18(9-10-20(21)28-29-25-19(16-26)17(4)30-37-25)31(11-13-35-23(33)6-2)12-14-36-24(34)7-3;1-3-4-18(28)21-17-11-14(25(7-9-26)8-10-27)5-6-16(17)22-23-19-15(12-20)13(2)24-29-19;1-2-4-14(19)15-12-5-3-6-13(11-12)16(7-9-17)8-10-18;1-10(17)13-11-3-2-4-12(9-11)14(5-7-15)6-8-16;11-9-2-1-3-10(8-9)12(4-6-13)5-7-14/h6-7,9-10,15H,2-3,5,8,11-14H2,1,4H3,(H,27,32);5-6,11,26-27H,3-4,7-10H2,1-2H3,(H,21,28);3,5-6,11,17-18H,2,4,7-10H2,1H3,(H,15,19);2-4,9,15-16H,5-8H2,1H3,(H,13,17);1-3,8,13-14H,4-7,11H2. The predicted molar refractivity (Wildman–Crippen MR) is 453 cm³/mol. The van der Waals surface area contributed by atoms with Crippen LogP contribution >= 0.6 is 23.1 Å². The van der Waals surface area contributed by atoms with E-state index in [1.54, 1.807) is 67.3 Å². The molecule has 5 aromatic carbocycles. The first-order valence-electron chi connectivity index (χ1n) is 37.3. The number of nitrogen functional groups attached to an aromatic ring is 1. The van der Waals surface area contributed by atoms with Crippen molar-refractivity contribution in [3.8, 4) is 12.1 Å². The fraction of sp³-hybridized carbons (Fsp3) is 0.400. The molecule has 0 unspecified atom stereocenters. The molecule has 0 saturated heterocycles. The Morgan fingerprint density at radius 3 is 1.09 bits per heavy atom. The van der Waals surface area contributed by atoms with Gasteiger partial charge in [-0.05, 0) is 147 Å². The van der Waals surface area contributed by atoms with Gasteiger partial charge in [-0.2, -0.15) is 19.3 Å². The van der Waals surface area contributed by atoms with Crippen molar-refractivity contribution >= 4 is 137 Å². The molecule has 4 amide bonds. The number of azo groups is 2. The van der Waals surface area contributed by atoms with Gasteiger partial charge in [0.25, 0.3) is 0 Å². The molecule has 14 N–H and O–H groups in total. The highest BCUT2D eigenvalue weighted by Crippen LogP contribution is 2.37. The lowest BCUT2D eigenvalue weighted by Crippen LogP contribution is -2.32. The summed E-state index contributed by atoms with van der Waals surface area (Å²) in [7, 11) is 0. The molecular formula is C80H108N18O16S2. The second-order valence-electron chi connectivity index (χ2n) is 24.7. The lowest BCUT2D eigenvalue weighted by molar-refractivity contribution is -0.137. The number of hydrogen-bond donors (Lipinski definition) is 13. The average Bonchev–Trinajstić information content (AvgIpc) is 1.70. The molecule has 2 aromatic heterocycles. The molecule has 7 rings (SSSR count). The molecule has 0 atom stereocenters. The number of nitrogens with one attached hydrogen (secondary N) is 4. The molecule has 34 nitrogen and oxygen atoms in total. The number of amides is 4. The number of nitrogens with zero attached hydrogens (tertiary/aromatic N) is 13. The van der Waals surface area contributed by atoms with E-state index in [0.717, 1.165) is 70.1 Å². The Balaban J connectivity index is 0.000000393. The summed E-state index contributed by atoms with van der Waals surface area (Å²) in [5, 5.41) is 119. The highest BCUT2D eigenvalue weighted by atomic mass is 32.1. The van der Waals surface area contributed by atoms with Crippen molar-refractivity contribution in [3.63, 3.8) is 0 Å². The Hall–Kier alpha value is -11.7. The first-order chi connectivity index (χ1) is 56.0. The monoisotopic (exact) mass is 1640 g/mol. The molecule has 0 spiro atoms. The van der Waals surface area contributed by atoms with Crippen LogP contribution in [0, 0.1) is 36.5 Å². The van der Waals surface area contributed by atoms with Gasteiger partial charge in [0.05, 0.1) is 88.7 Å². The van der Waals surface area contributed by atoms with E-state index >= 15 is 0 Å². The molecule has 0 saturated carbocycles. The fourth-order valence-electron chi connectivity index (χ4n) is 10.4. The van der Waals surface area contributed by atoms with E-state index in [1.807, 2.05) is 101 Å². The lowest BCUT2D eigenvalue weighted by atomic mass is 10.2. The van der Waals surface area contributed by atoms with E-state index in [-0.39, 0.29) is 103 Å². The van der Waals surface area contributed by atoms with Gasteiger partial charge in [-0.3, -0.25) is 19.2 Å². The summed E-state index contributed by atoms with van der Waals surface area (Å²) < 4.78 is 18.4. The molecule has 36 heteroatoms. The van der Waals surface area contributed by atoms with E-state index < -0.39 is 11.9 Å². The molecule has 116 heavy (non-hydrogen) atoms. The molecule has 0 aliphatic heterocycles. The van der Waals surface area contributed by atoms with Crippen LogP contribution in [0.4, 0.5) is 78.3 Å². The van der Waals surface area contributed by atoms with Gasteiger partial charge in [0.15, 0.2) is 10.0 Å². The van der Waals surface area contributed by atoms with Crippen LogP contribution in [0.15, 0.2) is 155 Å². The second kappa shape index (κ2) is 57.4. The van der Waals surface area contributed by atoms with Gasteiger partial charge < -0.3 is 102 Å². The number of benzene rings is 5. The molecule has 7 aromatic rings. The molecule has 626 valence electrons. The van der Waals surface area contributed by atoms with Gasteiger partial charge in [0.1, 0.15) is 47.9 Å². The fourth-order valence-corrected chi connectivity index (χ4v) is 11.7. The number of nitriles is 2. The normalized spacial score (nSPS) is 10.4. The van der Waals surface area contributed by atoms with Crippen LogP contribution < -0.4 is 51.5 Å². The summed E-state index contributed by atoms with van der Waals surface area (Å²) in [5.74, 6) is -1.60. The first kappa shape index (κ1) is 98.5. The molecule has 0 radical (unpaired) electrons. The molecule has 0 aliphatic carbocycles. The predicted octanol–water partition coefficient (Wildman–Crippen LogP) is 9.72. The van der Waals surface area contributed by atoms with Crippen molar-refractivity contribution in [2.45, 2.75) is 80.1 Å². The number of ether oxygens (including phenoxy) is 2. The Morgan fingerprint density at radius 1 is 0.457 bits per heavy atom. The second-order valence-corrected chi connectivity index (χ2v) is 26.2. The third-order valence-corrected chi connectivity index (χ3v) is 17.5. The van der Waals surface area contributed by atoms with Crippen LogP contribution in [0.2, 0.25) is 0 Å². The van der Waals surface area contributed by atoms with Gasteiger partial charge in [-0.1, -0.05) is 52.1 Å². The number of carbonyl (C=O) groups is 6. The topological polar surface area (TPSA) is 496 Å². The van der Waals surface area contributed by atoms with Crippen molar-refractivity contribution in [2.24, 2.45) is 20.5 Å². The van der Waals surface area contributed by atoms with Crippen molar-refractivity contribution in [2.75, 3.05) is 183 Å². The zero-order valence-electron chi connectivity index (χ0n) is 66.4. The number of carbonyl (C=O) groups excluding carboxylic acids is 6. The number of aryl methyl sites for hydroxylation is 2. The quantitative estimate of drug-likeness (QED) is 0.00731. The zero-order chi connectivity index (χ0) is 85.6. The molecular weight excluding hydrogens is 1530 g/mol. The highest BCUT2D eigenvalue weighted by molar-refractivity contribution is 7.10. The van der Waals surface area contributed by atoms with Crippen LogP contribution in [0.1, 0.15) is 88.7 Å². The third-order valence-electron chi connectivity index (χ3n) is 15.8. The Labute approximate surface area is 684 Å². The maximum atomic E-state index is 12.4. The minimum absolute atomic E-state index is 0.00415. The van der Waals surface area contributed by atoms with E-state index in [1.165, 1.54) is 6.92 Å². The maximum absolute atomic E-state index is 12.4. The van der Waals surface area contributed by atoms with Crippen LogP contribution in [-0.4, -0.2) is 217 Å². The van der Waals surface area contributed by atoms with Crippen molar-refractivity contribution in [1.82, 2.24) is 8.75 Å². The number of rotatable bonds is 43. The largest absolute Gasteiger partial charge is 0.461 e. The zero-order valence-corrected chi connectivity index (χ0v) is 68.0. The van der Waals surface area contributed by atoms with Crippen LogP contribution in [0.5, 0.6) is 0 Å². The lowest BCUT2D eigenvalue weighted by Gasteiger charge is -2.25. The van der Waals surface area contributed by atoms with Gasteiger partial charge in [0, 0.05) is 136 Å². The van der Waals surface area contributed by atoms with Crippen molar-refractivity contribution < 1.29 is 79.1 Å². The van der Waals surface area contributed by atoms with Gasteiger partial charge in [-0.15, -0.1) is 20.5 Å². The number of aromatic nitrogens is 2. The summed E-state index contributed by atoms with van der Waals surface area (Å²) >= 11 is 2.14. The SMILES string of the molecule is C=CC(=O)OCCN(CCOC(=O)C=C)c1ccc(N=Nc2snc(C)c2C#N)c(NC(=O)CCC)c1.CC(=O)Nc1cccc(N(CCO)CCO)c1.CCCC(=O)Nc1cc(N(CCO)CCO)ccc1N=Nc1snc(C)c1C#N.CCCC(=O)Nc1cccc(N(CCO)CCO)c1.Nc1cccc(N(CCO)CCO)c1. The van der Waals surface area contributed by atoms with E-state index in [2.05, 4.69) is 75.8 Å². The smallest absolute Gasteiger partial charge is 0.330 e. The van der Waals surface area contributed by atoms with Crippen LogP contribution in [0.3, 0.4) is 0 Å². The molecule has 0 fully saturated rings. The summed E-state index contributed by atoms with van der Waals surface area (Å²) in [4.78, 5) is 79.2. The van der Waals surface area contributed by atoms with E-state index in [9.17, 15) is 49.5 Å². The summed E-state index contributed by atoms with van der Waals surface area (Å²) in [6.45, 7) is 21.6. The van der Waals surface area contributed by atoms with Crippen molar-refractivity contribution in [1.29, 1.82) is 10.5 Å². The molecule has 2 heterocycles. The number of aliphatic hydroxyl groups excluding tert-OH is 8. The average molecular weight is 1640 g/mol. The maximum Gasteiger partial charge on any atom is 0.330 e. The Bertz CT molecular complexity index is 4290. The highest BCUT2D eigenvalue weighted by Gasteiger charge is 2.19. The number of nitrogens with two attached hydrogens (primary N) is 1. The summed E-state index contributed by atoms with van der Waals surface area (Å²) in [6, 6.07) is 36.5. The minimum atomic E-state index is -0.559. The van der Waals surface area contributed by atoms with Gasteiger partial charge in [0.2, 0.25) is 23.6 Å².